The van der Waals surface area contributed by atoms with Crippen molar-refractivity contribution in [1.29, 1.82) is 0 Å². The molecule has 1 aliphatic rings. The van der Waals surface area contributed by atoms with Gasteiger partial charge >= 0.3 is 5.97 Å². The summed E-state index contributed by atoms with van der Waals surface area (Å²) in [5, 5.41) is 10.8. The molecule has 1 atom stereocenters. The Morgan fingerprint density at radius 2 is 1.74 bits per heavy atom. The van der Waals surface area contributed by atoms with Gasteiger partial charge in [0.25, 0.3) is 5.69 Å². The van der Waals surface area contributed by atoms with Gasteiger partial charge in [-0.3, -0.25) is 10.1 Å². The van der Waals surface area contributed by atoms with Crippen LogP contribution in [0.25, 0.3) is 0 Å². The molecule has 142 valence electrons. The smallest absolute Gasteiger partial charge is 0.339 e. The number of benzene rings is 2. The Morgan fingerprint density at radius 1 is 1.11 bits per heavy atom. The molecule has 1 unspecified atom stereocenters. The molecule has 0 aromatic heterocycles. The molecule has 0 aliphatic heterocycles. The molecule has 1 saturated carbocycles. The molecule has 27 heavy (non-hydrogen) atoms. The van der Waals surface area contributed by atoms with Crippen LogP contribution in [0, 0.1) is 16.0 Å². The summed E-state index contributed by atoms with van der Waals surface area (Å²) in [7, 11) is 0. The zero-order valence-electron chi connectivity index (χ0n) is 15.6. The van der Waals surface area contributed by atoms with Crippen molar-refractivity contribution in [3.05, 3.63) is 75.8 Å². The van der Waals surface area contributed by atoms with E-state index in [-0.39, 0.29) is 5.69 Å². The monoisotopic (exact) mass is 367 g/mol. The van der Waals surface area contributed by atoms with Crippen molar-refractivity contribution < 1.29 is 14.5 Å². The van der Waals surface area contributed by atoms with Gasteiger partial charge in [0.05, 0.1) is 10.5 Å². The zero-order valence-corrected chi connectivity index (χ0v) is 15.6. The molecule has 1 fully saturated rings. The Hall–Kier alpha value is -2.69. The van der Waals surface area contributed by atoms with Gasteiger partial charge in [0, 0.05) is 12.1 Å². The SMILES string of the molecule is CC(CCC1CCCC1)(OC(=O)c1ccc([N+](=O)[O-])cc1)c1ccccc1. The Kier molecular flexibility index (Phi) is 5.89. The van der Waals surface area contributed by atoms with Crippen LogP contribution in [0.4, 0.5) is 5.69 Å². The lowest BCUT2D eigenvalue weighted by atomic mass is 9.87. The summed E-state index contributed by atoms with van der Waals surface area (Å²) in [4.78, 5) is 23.0. The van der Waals surface area contributed by atoms with E-state index in [9.17, 15) is 14.9 Å². The molecule has 0 heterocycles. The quantitative estimate of drug-likeness (QED) is 0.361. The lowest BCUT2D eigenvalue weighted by Crippen LogP contribution is -2.30. The maximum absolute atomic E-state index is 12.7. The third-order valence-electron chi connectivity index (χ3n) is 5.52. The first-order chi connectivity index (χ1) is 13.0. The predicted octanol–water partition coefficient (Wildman–Crippen LogP) is 5.64. The number of nitrogens with zero attached hydrogens (tertiary/aromatic N) is 1. The highest BCUT2D eigenvalue weighted by Gasteiger charge is 2.32. The number of esters is 1. The molecule has 0 bridgehead atoms. The van der Waals surface area contributed by atoms with Gasteiger partial charge in [-0.2, -0.15) is 0 Å². The Bertz CT molecular complexity index is 782. The number of nitro benzene ring substituents is 1. The van der Waals surface area contributed by atoms with Crippen LogP contribution >= 0.6 is 0 Å². The topological polar surface area (TPSA) is 69.4 Å². The molecule has 2 aromatic rings. The van der Waals surface area contributed by atoms with Gasteiger partial charge in [0.2, 0.25) is 0 Å². The highest BCUT2D eigenvalue weighted by Crippen LogP contribution is 2.37. The highest BCUT2D eigenvalue weighted by molar-refractivity contribution is 5.90. The summed E-state index contributed by atoms with van der Waals surface area (Å²) in [6.45, 7) is 1.96. The number of non-ortho nitro benzene ring substituents is 1. The van der Waals surface area contributed by atoms with E-state index in [4.69, 9.17) is 4.74 Å². The van der Waals surface area contributed by atoms with Crippen LogP contribution < -0.4 is 0 Å². The molecule has 3 rings (SSSR count). The van der Waals surface area contributed by atoms with E-state index in [2.05, 4.69) is 0 Å². The summed E-state index contributed by atoms with van der Waals surface area (Å²) < 4.78 is 5.96. The first kappa shape index (κ1) is 19.1. The van der Waals surface area contributed by atoms with Crippen LogP contribution in [0.2, 0.25) is 0 Å². The molecule has 0 radical (unpaired) electrons. The molecular weight excluding hydrogens is 342 g/mol. The second-order valence-electron chi connectivity index (χ2n) is 7.48. The first-order valence-electron chi connectivity index (χ1n) is 9.51. The normalized spacial score (nSPS) is 16.6. The largest absolute Gasteiger partial charge is 0.451 e. The number of rotatable bonds is 7. The predicted molar refractivity (Wildman–Crippen MR) is 103 cm³/mol. The zero-order chi connectivity index (χ0) is 19.3. The van der Waals surface area contributed by atoms with Crippen LogP contribution in [-0.2, 0) is 10.3 Å². The summed E-state index contributed by atoms with van der Waals surface area (Å²) in [6.07, 6.45) is 6.87. The second kappa shape index (κ2) is 8.33. The minimum absolute atomic E-state index is 0.0430. The average Bonchev–Trinajstić information content (AvgIpc) is 3.21. The minimum Gasteiger partial charge on any atom is -0.451 e. The lowest BCUT2D eigenvalue weighted by molar-refractivity contribution is -0.384. The van der Waals surface area contributed by atoms with Crippen LogP contribution in [0.3, 0.4) is 0 Å². The summed E-state index contributed by atoms with van der Waals surface area (Å²) in [5.74, 6) is 0.244. The molecule has 0 spiro atoms. The Morgan fingerprint density at radius 3 is 2.33 bits per heavy atom. The van der Waals surface area contributed by atoms with Crippen molar-refractivity contribution in [1.82, 2.24) is 0 Å². The molecule has 5 nitrogen and oxygen atoms in total. The van der Waals surface area contributed by atoms with Gasteiger partial charge < -0.3 is 4.74 Å². The molecule has 5 heteroatoms. The van der Waals surface area contributed by atoms with Crippen LogP contribution in [0.5, 0.6) is 0 Å². The first-order valence-corrected chi connectivity index (χ1v) is 9.51. The average molecular weight is 367 g/mol. The number of hydrogen-bond acceptors (Lipinski definition) is 4. The van der Waals surface area contributed by atoms with Gasteiger partial charge in [0.1, 0.15) is 5.60 Å². The van der Waals surface area contributed by atoms with Gasteiger partial charge in [-0.25, -0.2) is 4.79 Å². The fourth-order valence-electron chi connectivity index (χ4n) is 3.81. The second-order valence-corrected chi connectivity index (χ2v) is 7.48. The molecule has 1 aliphatic carbocycles. The minimum atomic E-state index is -0.720. The van der Waals surface area contributed by atoms with Crippen molar-refractivity contribution in [3.8, 4) is 0 Å². The van der Waals surface area contributed by atoms with E-state index in [0.29, 0.717) is 11.5 Å². The molecule has 0 amide bonds. The van der Waals surface area contributed by atoms with Crippen LogP contribution in [-0.4, -0.2) is 10.9 Å². The maximum Gasteiger partial charge on any atom is 0.339 e. The molecule has 2 aromatic carbocycles. The molecular formula is C22H25NO4. The van der Waals surface area contributed by atoms with Crippen molar-refractivity contribution in [2.24, 2.45) is 5.92 Å². The van der Waals surface area contributed by atoms with Gasteiger partial charge in [-0.05, 0) is 43.4 Å². The summed E-state index contributed by atoms with van der Waals surface area (Å²) in [5.41, 5.74) is 0.531. The van der Waals surface area contributed by atoms with Crippen molar-refractivity contribution in [2.45, 2.75) is 51.0 Å². The van der Waals surface area contributed by atoms with Crippen molar-refractivity contribution >= 4 is 11.7 Å². The Balaban J connectivity index is 1.77. The van der Waals surface area contributed by atoms with E-state index < -0.39 is 16.5 Å². The number of nitro groups is 1. The van der Waals surface area contributed by atoms with Crippen LogP contribution in [0.1, 0.15) is 61.4 Å². The number of ether oxygens (including phenoxy) is 1. The van der Waals surface area contributed by atoms with Crippen LogP contribution in [0.15, 0.2) is 54.6 Å². The number of carbonyl (C=O) groups excluding carboxylic acids is 1. The Labute approximate surface area is 159 Å². The van der Waals surface area contributed by atoms with Gasteiger partial charge in [-0.15, -0.1) is 0 Å². The van der Waals surface area contributed by atoms with E-state index in [1.54, 1.807) is 0 Å². The summed E-state index contributed by atoms with van der Waals surface area (Å²) >= 11 is 0. The van der Waals surface area contributed by atoms with Crippen molar-refractivity contribution in [2.75, 3.05) is 0 Å². The van der Waals surface area contributed by atoms with E-state index in [1.165, 1.54) is 49.9 Å². The maximum atomic E-state index is 12.7. The van der Waals surface area contributed by atoms with E-state index >= 15 is 0 Å². The molecule has 0 N–H and O–H groups in total. The van der Waals surface area contributed by atoms with Crippen molar-refractivity contribution in [3.63, 3.8) is 0 Å². The fourth-order valence-corrected chi connectivity index (χ4v) is 3.81. The van der Waals surface area contributed by atoms with E-state index in [0.717, 1.165) is 18.4 Å². The number of carbonyl (C=O) groups is 1. The number of hydrogen-bond donors (Lipinski definition) is 0. The van der Waals surface area contributed by atoms with Gasteiger partial charge in [-0.1, -0.05) is 56.0 Å². The highest BCUT2D eigenvalue weighted by atomic mass is 16.6. The fraction of sp³-hybridized carbons (Fsp3) is 0.409. The van der Waals surface area contributed by atoms with Gasteiger partial charge in [0.15, 0.2) is 0 Å². The standard InChI is InChI=1S/C22H25NO4/c1-22(19-9-3-2-4-10-19,16-15-17-7-5-6-8-17)27-21(24)18-11-13-20(14-12-18)23(25)26/h2-4,9-14,17H,5-8,15-16H2,1H3. The van der Waals surface area contributed by atoms with E-state index in [1.807, 2.05) is 37.3 Å². The summed E-state index contributed by atoms with van der Waals surface area (Å²) in [6, 6.07) is 15.4. The third-order valence-corrected chi connectivity index (χ3v) is 5.52. The lowest BCUT2D eigenvalue weighted by Gasteiger charge is -2.31. The molecule has 0 saturated heterocycles. The third kappa shape index (κ3) is 4.73.